The summed E-state index contributed by atoms with van der Waals surface area (Å²) in [5, 5.41) is 0. The summed E-state index contributed by atoms with van der Waals surface area (Å²) >= 11 is 0. The highest BCUT2D eigenvalue weighted by atomic mass is 16.5. The Balaban J connectivity index is 2.63. The molecule has 0 aromatic rings. The van der Waals surface area contributed by atoms with Crippen molar-refractivity contribution < 1.29 is 19.1 Å². The number of piperidine rings is 1. The second-order valence-corrected chi connectivity index (χ2v) is 4.73. The number of hydrogen-bond acceptors (Lipinski definition) is 4. The van der Waals surface area contributed by atoms with E-state index in [2.05, 4.69) is 4.74 Å². The molecule has 1 saturated heterocycles. The molecule has 0 aromatic heterocycles. The fourth-order valence-corrected chi connectivity index (χ4v) is 1.89. The van der Waals surface area contributed by atoms with Crippen molar-refractivity contribution in [1.82, 2.24) is 4.90 Å². The molecule has 1 atom stereocenters. The van der Waals surface area contributed by atoms with Gasteiger partial charge in [-0.05, 0) is 5.92 Å². The number of methoxy groups -OCH3 is 1. The molecule has 0 bridgehead atoms. The van der Waals surface area contributed by atoms with Gasteiger partial charge in [-0.1, -0.05) is 13.8 Å². The molecule has 0 aliphatic carbocycles. The van der Waals surface area contributed by atoms with Crippen LogP contribution in [0.15, 0.2) is 0 Å². The summed E-state index contributed by atoms with van der Waals surface area (Å²) in [5.74, 6) is -1.20. The molecular weight excluding hydrogens is 222 g/mol. The maximum absolute atomic E-state index is 11.8. The highest BCUT2D eigenvalue weighted by Crippen LogP contribution is 2.16. The Kier molecular flexibility index (Phi) is 4.66. The highest BCUT2D eigenvalue weighted by molar-refractivity contribution is 6.00. The third-order valence-electron chi connectivity index (χ3n) is 2.84. The highest BCUT2D eigenvalue weighted by Gasteiger charge is 2.35. The van der Waals surface area contributed by atoms with Gasteiger partial charge in [0.15, 0.2) is 5.78 Å². The van der Waals surface area contributed by atoms with Crippen LogP contribution < -0.4 is 0 Å². The molecule has 1 amide bonds. The molecule has 0 radical (unpaired) electrons. The zero-order chi connectivity index (χ0) is 13.0. The normalized spacial score (nSPS) is 20.6. The third-order valence-corrected chi connectivity index (χ3v) is 2.84. The molecule has 17 heavy (non-hydrogen) atoms. The van der Waals surface area contributed by atoms with Gasteiger partial charge in [-0.15, -0.1) is 0 Å². The zero-order valence-corrected chi connectivity index (χ0v) is 10.6. The first kappa shape index (κ1) is 13.7. The van der Waals surface area contributed by atoms with Crippen LogP contribution in [0.3, 0.4) is 0 Å². The number of carbonyl (C=O) groups is 3. The topological polar surface area (TPSA) is 63.7 Å². The summed E-state index contributed by atoms with van der Waals surface area (Å²) in [6.45, 7) is 4.50. The number of likely N-dealkylation sites (tertiary alicyclic amines) is 1. The minimum absolute atomic E-state index is 0.00130. The van der Waals surface area contributed by atoms with Crippen LogP contribution in [-0.2, 0) is 19.1 Å². The van der Waals surface area contributed by atoms with Gasteiger partial charge in [-0.2, -0.15) is 0 Å². The van der Waals surface area contributed by atoms with Crippen molar-refractivity contribution in [2.75, 3.05) is 20.2 Å². The third kappa shape index (κ3) is 3.54. The number of nitrogens with zero attached hydrogens (tertiary/aromatic N) is 1. The van der Waals surface area contributed by atoms with E-state index in [1.807, 2.05) is 13.8 Å². The fourth-order valence-electron chi connectivity index (χ4n) is 1.89. The molecule has 5 nitrogen and oxygen atoms in total. The molecule has 1 rings (SSSR count). The molecule has 1 aliphatic heterocycles. The lowest BCUT2D eigenvalue weighted by atomic mass is 9.96. The second kappa shape index (κ2) is 5.80. The van der Waals surface area contributed by atoms with Crippen molar-refractivity contribution in [3.05, 3.63) is 0 Å². The number of Topliss-reactive ketones (excluding diaryl/α,β-unsaturated/α-hetero) is 1. The van der Waals surface area contributed by atoms with Gasteiger partial charge in [-0.25, -0.2) is 0 Å². The lowest BCUT2D eigenvalue weighted by Gasteiger charge is -2.30. The van der Waals surface area contributed by atoms with Crippen LogP contribution in [0.25, 0.3) is 0 Å². The van der Waals surface area contributed by atoms with E-state index < -0.39 is 11.9 Å². The summed E-state index contributed by atoms with van der Waals surface area (Å²) in [6, 6.07) is 0. The van der Waals surface area contributed by atoms with E-state index in [9.17, 15) is 14.4 Å². The zero-order valence-electron chi connectivity index (χ0n) is 10.6. The summed E-state index contributed by atoms with van der Waals surface area (Å²) in [4.78, 5) is 36.4. The van der Waals surface area contributed by atoms with Crippen LogP contribution in [0.1, 0.15) is 26.7 Å². The van der Waals surface area contributed by atoms with Crippen molar-refractivity contribution >= 4 is 17.7 Å². The van der Waals surface area contributed by atoms with Crippen molar-refractivity contribution in [2.45, 2.75) is 26.7 Å². The molecule has 0 spiro atoms. The molecule has 5 heteroatoms. The molecule has 0 aromatic carbocycles. The Hall–Kier alpha value is -1.39. The summed E-state index contributed by atoms with van der Waals surface area (Å²) in [6.07, 6.45) is 0.686. The van der Waals surface area contributed by atoms with E-state index in [1.165, 1.54) is 7.11 Å². The van der Waals surface area contributed by atoms with E-state index in [4.69, 9.17) is 0 Å². The van der Waals surface area contributed by atoms with Crippen LogP contribution in [0, 0.1) is 11.8 Å². The monoisotopic (exact) mass is 241 g/mol. The Labute approximate surface area is 101 Å². The molecular formula is C12H19NO4. The van der Waals surface area contributed by atoms with Crippen LogP contribution in [0.2, 0.25) is 0 Å². The van der Waals surface area contributed by atoms with E-state index >= 15 is 0 Å². The number of carbonyl (C=O) groups excluding carboxylic acids is 3. The SMILES string of the molecule is COC(=O)C1CN(C(=O)CC(C)C)CCC1=O. The lowest BCUT2D eigenvalue weighted by molar-refractivity contribution is -0.153. The predicted molar refractivity (Wildman–Crippen MR) is 61.2 cm³/mol. The quantitative estimate of drug-likeness (QED) is 0.537. The number of ether oxygens (including phenoxy) is 1. The molecule has 1 aliphatic rings. The van der Waals surface area contributed by atoms with Crippen LogP contribution in [-0.4, -0.2) is 42.8 Å². The number of hydrogen-bond donors (Lipinski definition) is 0. The van der Waals surface area contributed by atoms with Crippen LogP contribution in [0.4, 0.5) is 0 Å². The average Bonchev–Trinajstić information content (AvgIpc) is 2.27. The fraction of sp³-hybridized carbons (Fsp3) is 0.750. The van der Waals surface area contributed by atoms with Gasteiger partial charge in [0.05, 0.1) is 7.11 Å². The minimum atomic E-state index is -0.801. The first-order valence-corrected chi connectivity index (χ1v) is 5.84. The van der Waals surface area contributed by atoms with Gasteiger partial charge >= 0.3 is 5.97 Å². The van der Waals surface area contributed by atoms with Gasteiger partial charge in [0.1, 0.15) is 5.92 Å². The predicted octanol–water partition coefficient (Wildman–Crippen LogP) is 0.623. The van der Waals surface area contributed by atoms with Gasteiger partial charge in [0, 0.05) is 25.9 Å². The Morgan fingerprint density at radius 2 is 2.12 bits per heavy atom. The van der Waals surface area contributed by atoms with Gasteiger partial charge in [-0.3, -0.25) is 14.4 Å². The van der Waals surface area contributed by atoms with E-state index in [1.54, 1.807) is 4.90 Å². The lowest BCUT2D eigenvalue weighted by Crippen LogP contribution is -2.47. The first-order chi connectivity index (χ1) is 7.95. The van der Waals surface area contributed by atoms with E-state index in [-0.39, 0.29) is 30.6 Å². The number of rotatable bonds is 3. The van der Waals surface area contributed by atoms with Crippen molar-refractivity contribution in [3.63, 3.8) is 0 Å². The van der Waals surface area contributed by atoms with Crippen LogP contribution in [0.5, 0.6) is 0 Å². The molecule has 1 unspecified atom stereocenters. The Bertz CT molecular complexity index is 316. The minimum Gasteiger partial charge on any atom is -0.468 e. The number of ketones is 1. The maximum Gasteiger partial charge on any atom is 0.318 e. The number of esters is 1. The van der Waals surface area contributed by atoms with Gasteiger partial charge in [0.2, 0.25) is 5.91 Å². The van der Waals surface area contributed by atoms with Gasteiger partial charge < -0.3 is 9.64 Å². The van der Waals surface area contributed by atoms with Crippen molar-refractivity contribution in [1.29, 1.82) is 0 Å². The van der Waals surface area contributed by atoms with E-state index in [0.29, 0.717) is 13.0 Å². The summed E-state index contributed by atoms with van der Waals surface area (Å²) < 4.78 is 4.57. The molecule has 96 valence electrons. The van der Waals surface area contributed by atoms with Crippen molar-refractivity contribution in [2.24, 2.45) is 11.8 Å². The first-order valence-electron chi connectivity index (χ1n) is 5.84. The maximum atomic E-state index is 11.8. The Morgan fingerprint density at radius 3 is 2.65 bits per heavy atom. The summed E-state index contributed by atoms with van der Waals surface area (Å²) in [7, 11) is 1.25. The molecule has 0 saturated carbocycles. The number of amides is 1. The second-order valence-electron chi connectivity index (χ2n) is 4.73. The van der Waals surface area contributed by atoms with Crippen LogP contribution >= 0.6 is 0 Å². The molecule has 1 heterocycles. The standard InChI is InChI=1S/C12H19NO4/c1-8(2)6-11(15)13-5-4-10(14)9(7-13)12(16)17-3/h8-9H,4-7H2,1-3H3. The molecule has 0 N–H and O–H groups in total. The van der Waals surface area contributed by atoms with Gasteiger partial charge in [0.25, 0.3) is 0 Å². The average molecular weight is 241 g/mol. The summed E-state index contributed by atoms with van der Waals surface area (Å²) in [5.41, 5.74) is 0. The van der Waals surface area contributed by atoms with Crippen molar-refractivity contribution in [3.8, 4) is 0 Å². The smallest absolute Gasteiger partial charge is 0.318 e. The van der Waals surface area contributed by atoms with E-state index in [0.717, 1.165) is 0 Å². The Morgan fingerprint density at radius 1 is 1.47 bits per heavy atom. The molecule has 1 fully saturated rings. The largest absolute Gasteiger partial charge is 0.468 e.